The highest BCUT2D eigenvalue weighted by molar-refractivity contribution is 4.89. The van der Waals surface area contributed by atoms with E-state index in [1.54, 1.807) is 0 Å². The summed E-state index contributed by atoms with van der Waals surface area (Å²) in [6.45, 7) is 8.47. The van der Waals surface area contributed by atoms with Crippen LogP contribution in [0.4, 0.5) is 0 Å². The summed E-state index contributed by atoms with van der Waals surface area (Å²) in [7, 11) is 0. The lowest BCUT2D eigenvalue weighted by Gasteiger charge is -2.39. The van der Waals surface area contributed by atoms with Crippen LogP contribution in [0.25, 0.3) is 0 Å². The second-order valence-electron chi connectivity index (χ2n) is 5.13. The summed E-state index contributed by atoms with van der Waals surface area (Å²) in [5, 5.41) is 0. The quantitative estimate of drug-likeness (QED) is 0.856. The largest absolute Gasteiger partial charge is 0.334 e. The standard InChI is InChI=1S/C13H24N4/c1-11-4-3-6-17(13(11)10-14)9-8-16-7-5-15-12(16)2/h5,7,11,13H,3-4,6,8-10,14H2,1-2H3. The lowest BCUT2D eigenvalue weighted by molar-refractivity contribution is 0.102. The lowest BCUT2D eigenvalue weighted by atomic mass is 9.91. The lowest BCUT2D eigenvalue weighted by Crippen LogP contribution is -2.49. The number of piperidine rings is 1. The van der Waals surface area contributed by atoms with Gasteiger partial charge in [-0.05, 0) is 32.2 Å². The van der Waals surface area contributed by atoms with Crippen molar-refractivity contribution < 1.29 is 0 Å². The van der Waals surface area contributed by atoms with Crippen molar-refractivity contribution in [3.63, 3.8) is 0 Å². The smallest absolute Gasteiger partial charge is 0.105 e. The fraction of sp³-hybridized carbons (Fsp3) is 0.769. The highest BCUT2D eigenvalue weighted by Crippen LogP contribution is 2.22. The van der Waals surface area contributed by atoms with Gasteiger partial charge in [-0.2, -0.15) is 0 Å². The van der Waals surface area contributed by atoms with Gasteiger partial charge in [-0.1, -0.05) is 6.92 Å². The summed E-state index contributed by atoms with van der Waals surface area (Å²) in [6.07, 6.45) is 6.55. The molecule has 2 rings (SSSR count). The molecule has 1 fully saturated rings. The van der Waals surface area contributed by atoms with Crippen LogP contribution in [-0.2, 0) is 6.54 Å². The van der Waals surface area contributed by atoms with Gasteiger partial charge in [-0.25, -0.2) is 4.98 Å². The van der Waals surface area contributed by atoms with Crippen LogP contribution in [0.2, 0.25) is 0 Å². The van der Waals surface area contributed by atoms with E-state index in [1.807, 2.05) is 6.20 Å². The Hall–Kier alpha value is -0.870. The normalized spacial score (nSPS) is 26.3. The first kappa shape index (κ1) is 12.6. The summed E-state index contributed by atoms with van der Waals surface area (Å²) in [5.74, 6) is 1.83. The van der Waals surface area contributed by atoms with Crippen molar-refractivity contribution in [2.75, 3.05) is 19.6 Å². The van der Waals surface area contributed by atoms with E-state index < -0.39 is 0 Å². The van der Waals surface area contributed by atoms with Gasteiger partial charge < -0.3 is 10.3 Å². The molecule has 4 nitrogen and oxygen atoms in total. The molecule has 1 aromatic heterocycles. The molecule has 2 N–H and O–H groups in total. The monoisotopic (exact) mass is 236 g/mol. The number of nitrogens with two attached hydrogens (primary N) is 1. The van der Waals surface area contributed by atoms with Gasteiger partial charge in [-0.3, -0.25) is 4.90 Å². The number of rotatable bonds is 4. The van der Waals surface area contributed by atoms with Gasteiger partial charge in [0.25, 0.3) is 0 Å². The van der Waals surface area contributed by atoms with Crippen LogP contribution in [0.1, 0.15) is 25.6 Å². The Balaban J connectivity index is 1.91. The molecule has 1 aliphatic heterocycles. The number of imidazole rings is 1. The second-order valence-corrected chi connectivity index (χ2v) is 5.13. The zero-order valence-electron chi connectivity index (χ0n) is 11.0. The maximum absolute atomic E-state index is 5.90. The highest BCUT2D eigenvalue weighted by atomic mass is 15.2. The third-order valence-corrected chi connectivity index (χ3v) is 4.02. The van der Waals surface area contributed by atoms with Crippen molar-refractivity contribution in [3.05, 3.63) is 18.2 Å². The molecule has 17 heavy (non-hydrogen) atoms. The van der Waals surface area contributed by atoms with E-state index in [2.05, 4.69) is 34.5 Å². The Morgan fingerprint density at radius 1 is 1.47 bits per heavy atom. The van der Waals surface area contributed by atoms with Gasteiger partial charge in [-0.15, -0.1) is 0 Å². The first-order valence-corrected chi connectivity index (χ1v) is 6.64. The molecule has 0 radical (unpaired) electrons. The van der Waals surface area contributed by atoms with Gasteiger partial charge in [0.1, 0.15) is 5.82 Å². The van der Waals surface area contributed by atoms with E-state index in [4.69, 9.17) is 5.73 Å². The highest BCUT2D eigenvalue weighted by Gasteiger charge is 2.26. The van der Waals surface area contributed by atoms with Gasteiger partial charge in [0.05, 0.1) is 0 Å². The Labute approximate surface area is 104 Å². The molecule has 0 bridgehead atoms. The molecule has 0 amide bonds. The van der Waals surface area contributed by atoms with E-state index in [1.165, 1.54) is 19.4 Å². The van der Waals surface area contributed by atoms with Crippen LogP contribution in [0.3, 0.4) is 0 Å². The van der Waals surface area contributed by atoms with E-state index in [9.17, 15) is 0 Å². The summed E-state index contributed by atoms with van der Waals surface area (Å²) in [6, 6.07) is 0.563. The molecule has 1 aliphatic rings. The van der Waals surface area contributed by atoms with Crippen LogP contribution in [0.5, 0.6) is 0 Å². The van der Waals surface area contributed by atoms with Crippen molar-refractivity contribution in [1.82, 2.24) is 14.5 Å². The average molecular weight is 236 g/mol. The number of likely N-dealkylation sites (tertiary alicyclic amines) is 1. The van der Waals surface area contributed by atoms with Gasteiger partial charge in [0, 0.05) is 38.1 Å². The van der Waals surface area contributed by atoms with Crippen molar-refractivity contribution in [2.45, 2.75) is 39.3 Å². The van der Waals surface area contributed by atoms with E-state index >= 15 is 0 Å². The fourth-order valence-corrected chi connectivity index (χ4v) is 2.87. The van der Waals surface area contributed by atoms with Gasteiger partial charge >= 0.3 is 0 Å². The summed E-state index contributed by atoms with van der Waals surface area (Å²) in [4.78, 5) is 6.80. The average Bonchev–Trinajstić information content (AvgIpc) is 2.72. The number of nitrogens with zero attached hydrogens (tertiary/aromatic N) is 3. The SMILES string of the molecule is Cc1nccn1CCN1CCCC(C)C1CN. The Bertz CT molecular complexity index is 347. The zero-order chi connectivity index (χ0) is 12.3. The van der Waals surface area contributed by atoms with Gasteiger partial charge in [0.2, 0.25) is 0 Å². The van der Waals surface area contributed by atoms with Crippen molar-refractivity contribution >= 4 is 0 Å². The molecule has 0 saturated carbocycles. The number of hydrogen-bond acceptors (Lipinski definition) is 3. The minimum Gasteiger partial charge on any atom is -0.334 e. The molecular weight excluding hydrogens is 212 g/mol. The van der Waals surface area contributed by atoms with Crippen molar-refractivity contribution in [2.24, 2.45) is 11.7 Å². The van der Waals surface area contributed by atoms with Crippen LogP contribution in [0.15, 0.2) is 12.4 Å². The Morgan fingerprint density at radius 2 is 2.29 bits per heavy atom. The second kappa shape index (κ2) is 5.65. The topological polar surface area (TPSA) is 47.1 Å². The zero-order valence-corrected chi connectivity index (χ0v) is 11.0. The van der Waals surface area contributed by atoms with Gasteiger partial charge in [0.15, 0.2) is 0 Å². The van der Waals surface area contributed by atoms with E-state index in [0.717, 1.165) is 31.4 Å². The van der Waals surface area contributed by atoms with Crippen molar-refractivity contribution in [1.29, 1.82) is 0 Å². The van der Waals surface area contributed by atoms with E-state index in [0.29, 0.717) is 6.04 Å². The number of aryl methyl sites for hydroxylation is 1. The minimum atomic E-state index is 0.563. The predicted octanol–water partition coefficient (Wildman–Crippen LogP) is 1.25. The molecule has 0 aliphatic carbocycles. The molecule has 1 saturated heterocycles. The molecule has 2 unspecified atom stereocenters. The first-order valence-electron chi connectivity index (χ1n) is 6.64. The maximum atomic E-state index is 5.90. The molecule has 96 valence electrons. The number of aromatic nitrogens is 2. The summed E-state index contributed by atoms with van der Waals surface area (Å²) in [5.41, 5.74) is 5.90. The maximum Gasteiger partial charge on any atom is 0.105 e. The molecular formula is C13H24N4. The van der Waals surface area contributed by atoms with Crippen LogP contribution in [-0.4, -0.2) is 40.1 Å². The molecule has 2 atom stereocenters. The third kappa shape index (κ3) is 2.87. The van der Waals surface area contributed by atoms with Crippen molar-refractivity contribution in [3.8, 4) is 0 Å². The Morgan fingerprint density at radius 3 is 2.94 bits per heavy atom. The predicted molar refractivity (Wildman–Crippen MR) is 69.8 cm³/mol. The van der Waals surface area contributed by atoms with Crippen LogP contribution in [0, 0.1) is 12.8 Å². The Kier molecular flexibility index (Phi) is 4.18. The third-order valence-electron chi connectivity index (χ3n) is 4.02. The molecule has 2 heterocycles. The first-order chi connectivity index (χ1) is 8.22. The summed E-state index contributed by atoms with van der Waals surface area (Å²) >= 11 is 0. The van der Waals surface area contributed by atoms with E-state index in [-0.39, 0.29) is 0 Å². The molecule has 0 aromatic carbocycles. The molecule has 0 spiro atoms. The molecule has 4 heteroatoms. The summed E-state index contributed by atoms with van der Waals surface area (Å²) < 4.78 is 2.22. The van der Waals surface area contributed by atoms with Crippen LogP contribution < -0.4 is 5.73 Å². The minimum absolute atomic E-state index is 0.563. The molecule has 1 aromatic rings. The number of hydrogen-bond donors (Lipinski definition) is 1. The van der Waals surface area contributed by atoms with Crippen LogP contribution >= 0.6 is 0 Å². The fourth-order valence-electron chi connectivity index (χ4n) is 2.87.